The summed E-state index contributed by atoms with van der Waals surface area (Å²) in [6.45, 7) is 4.39. The third kappa shape index (κ3) is 4.62. The second-order valence-corrected chi connectivity index (χ2v) is 5.36. The van der Waals surface area contributed by atoms with Crippen molar-refractivity contribution in [3.05, 3.63) is 58.3 Å². The fraction of sp³-hybridized carbons (Fsp3) is 0.312. The van der Waals surface area contributed by atoms with Crippen molar-refractivity contribution in [3.63, 3.8) is 0 Å². The van der Waals surface area contributed by atoms with Gasteiger partial charge in [0.1, 0.15) is 12.4 Å². The van der Waals surface area contributed by atoms with Gasteiger partial charge in [0.2, 0.25) is 0 Å². The van der Waals surface area contributed by atoms with E-state index in [2.05, 4.69) is 39.2 Å². The molecule has 1 N–H and O–H groups in total. The molecule has 1 aromatic carbocycles. The van der Waals surface area contributed by atoms with Crippen LogP contribution in [0.3, 0.4) is 0 Å². The van der Waals surface area contributed by atoms with Crippen molar-refractivity contribution in [2.24, 2.45) is 0 Å². The first-order valence-corrected chi connectivity index (χ1v) is 7.60. The predicted molar refractivity (Wildman–Crippen MR) is 85.0 cm³/mol. The fourth-order valence-electron chi connectivity index (χ4n) is 1.93. The molecular formula is C16H19BrN2O. The molecule has 3 nitrogen and oxygen atoms in total. The maximum absolute atomic E-state index is 5.65. The van der Waals surface area contributed by atoms with E-state index in [0.29, 0.717) is 6.61 Å². The Morgan fingerprint density at radius 1 is 1.20 bits per heavy atom. The first-order chi connectivity index (χ1) is 9.79. The van der Waals surface area contributed by atoms with Crippen molar-refractivity contribution in [3.8, 4) is 5.75 Å². The summed E-state index contributed by atoms with van der Waals surface area (Å²) < 4.78 is 6.71. The molecule has 0 fully saturated rings. The molecular weight excluding hydrogens is 316 g/mol. The van der Waals surface area contributed by atoms with Crippen molar-refractivity contribution in [1.82, 2.24) is 10.3 Å². The van der Waals surface area contributed by atoms with Gasteiger partial charge in [-0.3, -0.25) is 4.98 Å². The van der Waals surface area contributed by atoms with Gasteiger partial charge >= 0.3 is 0 Å². The minimum absolute atomic E-state index is 0.649. The molecule has 0 aliphatic heterocycles. The van der Waals surface area contributed by atoms with Gasteiger partial charge in [-0.2, -0.15) is 0 Å². The molecule has 2 aromatic rings. The summed E-state index contributed by atoms with van der Waals surface area (Å²) in [4.78, 5) is 4.41. The smallest absolute Gasteiger partial charge is 0.119 e. The summed E-state index contributed by atoms with van der Waals surface area (Å²) in [7, 11) is 0. The van der Waals surface area contributed by atoms with Gasteiger partial charge in [-0.05, 0) is 42.3 Å². The predicted octanol–water partition coefficient (Wildman–Crippen LogP) is 3.58. The highest BCUT2D eigenvalue weighted by Crippen LogP contribution is 2.15. The van der Waals surface area contributed by atoms with Gasteiger partial charge in [-0.1, -0.05) is 28.9 Å². The number of halogens is 1. The molecule has 0 unspecified atom stereocenters. The molecule has 1 aromatic heterocycles. The second-order valence-electron chi connectivity index (χ2n) is 4.44. The Morgan fingerprint density at radius 3 is 2.75 bits per heavy atom. The van der Waals surface area contributed by atoms with E-state index in [0.717, 1.165) is 35.4 Å². The maximum Gasteiger partial charge on any atom is 0.119 e. The summed E-state index contributed by atoms with van der Waals surface area (Å²) in [5.74, 6) is 0.891. The van der Waals surface area contributed by atoms with E-state index in [1.165, 1.54) is 5.56 Å². The van der Waals surface area contributed by atoms with Gasteiger partial charge in [0.15, 0.2) is 0 Å². The monoisotopic (exact) mass is 334 g/mol. The fourth-order valence-corrected chi connectivity index (χ4v) is 2.20. The summed E-state index contributed by atoms with van der Waals surface area (Å²) in [5, 5.41) is 3.36. The highest BCUT2D eigenvalue weighted by Gasteiger charge is 2.00. The van der Waals surface area contributed by atoms with E-state index in [1.807, 2.05) is 36.5 Å². The molecule has 2 rings (SSSR count). The Morgan fingerprint density at radius 2 is 2.00 bits per heavy atom. The number of ether oxygens (including phenoxy) is 1. The first-order valence-electron chi connectivity index (χ1n) is 6.81. The number of aryl methyl sites for hydroxylation is 1. The lowest BCUT2D eigenvalue weighted by molar-refractivity contribution is 0.313. The van der Waals surface area contributed by atoms with Crippen molar-refractivity contribution in [2.75, 3.05) is 13.2 Å². The summed E-state index contributed by atoms with van der Waals surface area (Å²) in [6.07, 6.45) is 2.86. The average molecular weight is 335 g/mol. The molecule has 0 saturated carbocycles. The zero-order chi connectivity index (χ0) is 14.2. The van der Waals surface area contributed by atoms with Gasteiger partial charge in [-0.15, -0.1) is 0 Å². The normalized spacial score (nSPS) is 10.5. The molecule has 0 amide bonds. The van der Waals surface area contributed by atoms with Gasteiger partial charge < -0.3 is 10.1 Å². The minimum Gasteiger partial charge on any atom is -0.492 e. The van der Waals surface area contributed by atoms with Crippen LogP contribution in [0.15, 0.2) is 47.1 Å². The third-order valence-electron chi connectivity index (χ3n) is 3.02. The van der Waals surface area contributed by atoms with E-state index in [9.17, 15) is 0 Å². The van der Waals surface area contributed by atoms with E-state index in [4.69, 9.17) is 4.74 Å². The minimum atomic E-state index is 0.649. The van der Waals surface area contributed by atoms with Crippen LogP contribution in [0, 0.1) is 0 Å². The summed E-state index contributed by atoms with van der Waals surface area (Å²) >= 11 is 3.40. The number of hydrogen-bond donors (Lipinski definition) is 1. The number of pyridine rings is 1. The lowest BCUT2D eigenvalue weighted by Crippen LogP contribution is -2.21. The van der Waals surface area contributed by atoms with Crippen LogP contribution in [-0.4, -0.2) is 18.1 Å². The number of rotatable bonds is 7. The number of aromatic nitrogens is 1. The van der Waals surface area contributed by atoms with Gasteiger partial charge in [-0.25, -0.2) is 0 Å². The van der Waals surface area contributed by atoms with Crippen LogP contribution in [0.5, 0.6) is 5.75 Å². The van der Waals surface area contributed by atoms with Crippen molar-refractivity contribution in [2.45, 2.75) is 19.9 Å². The van der Waals surface area contributed by atoms with Crippen molar-refractivity contribution < 1.29 is 4.74 Å². The van der Waals surface area contributed by atoms with Crippen LogP contribution in [0.1, 0.15) is 18.2 Å². The zero-order valence-electron chi connectivity index (χ0n) is 11.6. The summed E-state index contributed by atoms with van der Waals surface area (Å²) in [6, 6.07) is 12.0. The molecule has 0 aliphatic rings. The molecule has 4 heteroatoms. The quantitative estimate of drug-likeness (QED) is 0.786. The zero-order valence-corrected chi connectivity index (χ0v) is 13.2. The highest BCUT2D eigenvalue weighted by molar-refractivity contribution is 9.10. The topological polar surface area (TPSA) is 34.2 Å². The van der Waals surface area contributed by atoms with E-state index in [-0.39, 0.29) is 0 Å². The molecule has 20 heavy (non-hydrogen) atoms. The van der Waals surface area contributed by atoms with Crippen LogP contribution < -0.4 is 10.1 Å². The summed E-state index contributed by atoms with van der Waals surface area (Å²) in [5.41, 5.74) is 2.42. The number of nitrogens with zero attached hydrogens (tertiary/aromatic N) is 1. The molecule has 0 saturated heterocycles. The number of nitrogens with one attached hydrogen (secondary N) is 1. The molecule has 0 radical (unpaired) electrons. The molecule has 0 atom stereocenters. The average Bonchev–Trinajstić information content (AvgIpc) is 2.49. The molecule has 106 valence electrons. The first kappa shape index (κ1) is 15.0. The lowest BCUT2D eigenvalue weighted by Gasteiger charge is -2.09. The number of benzene rings is 1. The Hall–Kier alpha value is -1.39. The van der Waals surface area contributed by atoms with E-state index < -0.39 is 0 Å². The number of hydrogen-bond acceptors (Lipinski definition) is 3. The standard InChI is InChI=1S/C16H19BrN2O/c1-2-13-4-3-9-19-16(13)12-18-10-11-20-15-7-5-14(17)6-8-15/h3-9,18H,2,10-12H2,1H3. The van der Waals surface area contributed by atoms with Crippen LogP contribution >= 0.6 is 15.9 Å². The van der Waals surface area contributed by atoms with Crippen LogP contribution in [0.4, 0.5) is 0 Å². The maximum atomic E-state index is 5.65. The van der Waals surface area contributed by atoms with Crippen LogP contribution in [-0.2, 0) is 13.0 Å². The molecule has 0 spiro atoms. The van der Waals surface area contributed by atoms with Crippen LogP contribution in [0.2, 0.25) is 0 Å². The third-order valence-corrected chi connectivity index (χ3v) is 3.55. The van der Waals surface area contributed by atoms with E-state index >= 15 is 0 Å². The molecule has 1 heterocycles. The Bertz CT molecular complexity index is 528. The van der Waals surface area contributed by atoms with Gasteiger partial charge in [0.25, 0.3) is 0 Å². The van der Waals surface area contributed by atoms with Gasteiger partial charge in [0.05, 0.1) is 5.69 Å². The Kier molecular flexibility index (Phi) is 6.02. The Balaban J connectivity index is 1.70. The molecule has 0 aliphatic carbocycles. The van der Waals surface area contributed by atoms with E-state index in [1.54, 1.807) is 0 Å². The largest absolute Gasteiger partial charge is 0.492 e. The van der Waals surface area contributed by atoms with Gasteiger partial charge in [0, 0.05) is 23.8 Å². The Labute approximate surface area is 128 Å². The highest BCUT2D eigenvalue weighted by atomic mass is 79.9. The lowest BCUT2D eigenvalue weighted by atomic mass is 10.1. The SMILES string of the molecule is CCc1cccnc1CNCCOc1ccc(Br)cc1. The van der Waals surface area contributed by atoms with Crippen molar-refractivity contribution >= 4 is 15.9 Å². The van der Waals surface area contributed by atoms with Crippen molar-refractivity contribution in [1.29, 1.82) is 0 Å². The van der Waals surface area contributed by atoms with Crippen LogP contribution in [0.25, 0.3) is 0 Å². The second kappa shape index (κ2) is 8.02. The molecule has 0 bridgehead atoms.